The van der Waals surface area contributed by atoms with Crippen molar-refractivity contribution in [3.05, 3.63) is 35.4 Å². The third kappa shape index (κ3) is 8.69. The van der Waals surface area contributed by atoms with Crippen LogP contribution in [0.3, 0.4) is 0 Å². The van der Waals surface area contributed by atoms with E-state index in [1.165, 1.54) is 12.1 Å². The van der Waals surface area contributed by atoms with Crippen molar-refractivity contribution in [2.75, 3.05) is 39.5 Å². The smallest absolute Gasteiger partial charge is 0.191 e. The summed E-state index contributed by atoms with van der Waals surface area (Å²) in [5.41, 5.74) is 0.402. The van der Waals surface area contributed by atoms with Crippen LogP contribution in [0.1, 0.15) is 38.3 Å². The normalized spacial score (nSPS) is 18.1. The molecule has 0 saturated carbocycles. The quantitative estimate of drug-likeness (QED) is 0.237. The van der Waals surface area contributed by atoms with E-state index in [-0.39, 0.29) is 30.0 Å². The molecule has 154 valence electrons. The fraction of sp³-hybridized carbons (Fsp3) is 0.632. The molecular weight excluding hydrogens is 467 g/mol. The van der Waals surface area contributed by atoms with Crippen molar-refractivity contribution in [3.63, 3.8) is 0 Å². The summed E-state index contributed by atoms with van der Waals surface area (Å²) in [5, 5.41) is 6.28. The maximum Gasteiger partial charge on any atom is 0.191 e. The highest BCUT2D eigenvalue weighted by Crippen LogP contribution is 2.17. The molecule has 0 spiro atoms. The molecule has 1 saturated heterocycles. The summed E-state index contributed by atoms with van der Waals surface area (Å²) in [6.07, 6.45) is 1.88. The van der Waals surface area contributed by atoms with E-state index in [2.05, 4.69) is 15.6 Å². The van der Waals surface area contributed by atoms with Crippen molar-refractivity contribution in [3.8, 4) is 0 Å². The van der Waals surface area contributed by atoms with Gasteiger partial charge in [-0.15, -0.1) is 24.0 Å². The van der Waals surface area contributed by atoms with Crippen LogP contribution in [-0.4, -0.2) is 45.5 Å². The van der Waals surface area contributed by atoms with E-state index in [0.717, 1.165) is 38.7 Å². The fourth-order valence-electron chi connectivity index (χ4n) is 2.78. The van der Waals surface area contributed by atoms with Crippen LogP contribution in [0.5, 0.6) is 0 Å². The van der Waals surface area contributed by atoms with Gasteiger partial charge in [0.15, 0.2) is 5.96 Å². The molecule has 0 aliphatic carbocycles. The van der Waals surface area contributed by atoms with E-state index in [1.54, 1.807) is 0 Å². The molecular formula is C19H30F2IN3O2. The largest absolute Gasteiger partial charge is 0.381 e. The molecule has 27 heavy (non-hydrogen) atoms. The minimum Gasteiger partial charge on any atom is -0.381 e. The summed E-state index contributed by atoms with van der Waals surface area (Å²) in [6, 6.07) is 3.27. The zero-order valence-electron chi connectivity index (χ0n) is 16.0. The Morgan fingerprint density at radius 2 is 2.22 bits per heavy atom. The Hall–Kier alpha value is -1.00. The molecule has 1 aromatic carbocycles. The third-order valence-electron chi connectivity index (χ3n) is 4.22. The van der Waals surface area contributed by atoms with Gasteiger partial charge in [-0.3, -0.25) is 4.99 Å². The number of nitrogens with one attached hydrogen (secondary N) is 2. The lowest BCUT2D eigenvalue weighted by molar-refractivity contribution is 0.0893. The van der Waals surface area contributed by atoms with Crippen molar-refractivity contribution < 1.29 is 18.3 Å². The van der Waals surface area contributed by atoms with Gasteiger partial charge >= 0.3 is 0 Å². The molecule has 0 bridgehead atoms. The van der Waals surface area contributed by atoms with Crippen molar-refractivity contribution in [2.24, 2.45) is 10.9 Å². The van der Waals surface area contributed by atoms with Gasteiger partial charge in [-0.1, -0.05) is 6.07 Å². The molecule has 0 amide bonds. The van der Waals surface area contributed by atoms with Crippen molar-refractivity contribution in [2.45, 2.75) is 32.7 Å². The number of halogens is 3. The van der Waals surface area contributed by atoms with E-state index in [9.17, 15) is 8.78 Å². The molecule has 2 unspecified atom stereocenters. The lowest BCUT2D eigenvalue weighted by atomic mass is 10.1. The summed E-state index contributed by atoms with van der Waals surface area (Å²) in [5.74, 6) is -0.0230. The fourth-order valence-corrected chi connectivity index (χ4v) is 2.78. The van der Waals surface area contributed by atoms with Gasteiger partial charge in [0, 0.05) is 43.9 Å². The molecule has 1 aliphatic heterocycles. The van der Waals surface area contributed by atoms with Gasteiger partial charge < -0.3 is 20.1 Å². The first kappa shape index (κ1) is 24.0. The Morgan fingerprint density at radius 1 is 1.41 bits per heavy atom. The van der Waals surface area contributed by atoms with Gasteiger partial charge in [0.2, 0.25) is 0 Å². The van der Waals surface area contributed by atoms with Gasteiger partial charge in [-0.05, 0) is 32.8 Å². The van der Waals surface area contributed by atoms with Gasteiger partial charge in [0.05, 0.1) is 19.3 Å². The van der Waals surface area contributed by atoms with Crippen LogP contribution in [0.2, 0.25) is 0 Å². The number of aliphatic imine (C=N–C) groups is 1. The maximum absolute atomic E-state index is 13.9. The minimum absolute atomic E-state index is 0. The van der Waals surface area contributed by atoms with Crippen molar-refractivity contribution >= 4 is 29.9 Å². The Morgan fingerprint density at radius 3 is 2.89 bits per heavy atom. The zero-order chi connectivity index (χ0) is 18.8. The Kier molecular flexibility index (Phi) is 11.8. The Balaban J connectivity index is 0.00000364. The number of nitrogens with zero attached hydrogens (tertiary/aromatic N) is 1. The first-order valence-corrected chi connectivity index (χ1v) is 9.25. The van der Waals surface area contributed by atoms with Crippen LogP contribution in [0.4, 0.5) is 8.78 Å². The van der Waals surface area contributed by atoms with E-state index in [0.29, 0.717) is 37.1 Å². The summed E-state index contributed by atoms with van der Waals surface area (Å²) in [6.45, 7) is 8.11. The number of guanidine groups is 1. The lowest BCUT2D eigenvalue weighted by Gasteiger charge is -2.18. The first-order chi connectivity index (χ1) is 12.6. The second-order valence-electron chi connectivity index (χ2n) is 6.45. The molecule has 1 aliphatic rings. The van der Waals surface area contributed by atoms with Crippen LogP contribution in [0.15, 0.2) is 23.2 Å². The van der Waals surface area contributed by atoms with Crippen molar-refractivity contribution in [1.29, 1.82) is 0 Å². The monoisotopic (exact) mass is 497 g/mol. The second-order valence-corrected chi connectivity index (χ2v) is 6.45. The molecule has 0 aromatic heterocycles. The predicted octanol–water partition coefficient (Wildman–Crippen LogP) is 3.64. The average Bonchev–Trinajstić information content (AvgIpc) is 3.11. The predicted molar refractivity (Wildman–Crippen MR) is 114 cm³/mol. The summed E-state index contributed by atoms with van der Waals surface area (Å²) in [4.78, 5) is 4.49. The Bertz CT molecular complexity index is 584. The summed E-state index contributed by atoms with van der Waals surface area (Å²) < 4.78 is 37.9. The van der Waals surface area contributed by atoms with E-state index < -0.39 is 11.6 Å². The van der Waals surface area contributed by atoms with E-state index >= 15 is 0 Å². The van der Waals surface area contributed by atoms with Gasteiger partial charge in [0.25, 0.3) is 0 Å². The molecule has 2 N–H and O–H groups in total. The molecule has 1 heterocycles. The van der Waals surface area contributed by atoms with Gasteiger partial charge in [-0.25, -0.2) is 8.78 Å². The standard InChI is InChI=1S/C19H29F2N3O2.HI/c1-3-22-19(23-8-4-9-25-12-15-7-10-26-13-15)24-14(2)17-6-5-16(20)11-18(17)21;/h5-6,11,14-15H,3-4,7-10,12-13H2,1-2H3,(H2,22,23,24);1H. The third-order valence-corrected chi connectivity index (χ3v) is 4.22. The van der Waals surface area contributed by atoms with E-state index in [1.807, 2.05) is 13.8 Å². The lowest BCUT2D eigenvalue weighted by Crippen LogP contribution is -2.39. The van der Waals surface area contributed by atoms with Crippen LogP contribution >= 0.6 is 24.0 Å². The minimum atomic E-state index is -0.580. The van der Waals surface area contributed by atoms with Gasteiger partial charge in [0.1, 0.15) is 11.6 Å². The SMILES string of the molecule is CCNC(=NCCCOCC1CCOC1)NC(C)c1ccc(F)cc1F.I. The number of hydrogen-bond donors (Lipinski definition) is 2. The molecule has 2 rings (SSSR count). The highest BCUT2D eigenvalue weighted by Gasteiger charge is 2.15. The van der Waals surface area contributed by atoms with Crippen molar-refractivity contribution in [1.82, 2.24) is 10.6 Å². The topological polar surface area (TPSA) is 54.9 Å². The molecule has 5 nitrogen and oxygen atoms in total. The second kappa shape index (κ2) is 13.2. The first-order valence-electron chi connectivity index (χ1n) is 9.25. The summed E-state index contributed by atoms with van der Waals surface area (Å²) in [7, 11) is 0. The maximum atomic E-state index is 13.9. The zero-order valence-corrected chi connectivity index (χ0v) is 18.3. The van der Waals surface area contributed by atoms with Crippen LogP contribution in [0, 0.1) is 17.6 Å². The number of ether oxygens (including phenoxy) is 2. The molecule has 0 radical (unpaired) electrons. The van der Waals surface area contributed by atoms with Crippen LogP contribution in [-0.2, 0) is 9.47 Å². The number of hydrogen-bond acceptors (Lipinski definition) is 3. The summed E-state index contributed by atoms with van der Waals surface area (Å²) >= 11 is 0. The van der Waals surface area contributed by atoms with Crippen LogP contribution < -0.4 is 10.6 Å². The molecule has 8 heteroatoms. The number of benzene rings is 1. The van der Waals surface area contributed by atoms with E-state index in [4.69, 9.17) is 9.47 Å². The average molecular weight is 497 g/mol. The highest BCUT2D eigenvalue weighted by atomic mass is 127. The Labute approximate surface area is 177 Å². The van der Waals surface area contributed by atoms with Crippen LogP contribution in [0.25, 0.3) is 0 Å². The van der Waals surface area contributed by atoms with Gasteiger partial charge in [-0.2, -0.15) is 0 Å². The number of rotatable bonds is 9. The highest BCUT2D eigenvalue weighted by molar-refractivity contribution is 14.0. The molecule has 2 atom stereocenters. The molecule has 1 fully saturated rings. The molecule has 1 aromatic rings.